The van der Waals surface area contributed by atoms with Crippen molar-refractivity contribution in [2.75, 3.05) is 0 Å². The molecule has 5 nitrogen and oxygen atoms in total. The monoisotopic (exact) mass is 136 g/mol. The van der Waals surface area contributed by atoms with Crippen LogP contribution in [0.5, 0.6) is 0 Å². The van der Waals surface area contributed by atoms with E-state index in [0.717, 1.165) is 0 Å². The summed E-state index contributed by atoms with van der Waals surface area (Å²) in [5.74, 6) is 0. The molecule has 0 amide bonds. The van der Waals surface area contributed by atoms with Crippen molar-refractivity contribution in [1.29, 1.82) is 0 Å². The van der Waals surface area contributed by atoms with Crippen LogP contribution in [0, 0.1) is 0 Å². The van der Waals surface area contributed by atoms with Crippen molar-refractivity contribution < 1.29 is 25.6 Å². The van der Waals surface area contributed by atoms with Gasteiger partial charge in [-0.25, -0.2) is 0 Å². The Bertz CT molecular complexity index is 12.8. The van der Waals surface area contributed by atoms with Crippen molar-refractivity contribution in [3.05, 3.63) is 0 Å². The van der Waals surface area contributed by atoms with Crippen LogP contribution in [0.15, 0.2) is 0 Å². The van der Waals surface area contributed by atoms with Crippen LogP contribution in [-0.2, 0) is 0 Å². The molecule has 0 saturated carbocycles. The second-order valence-corrected chi connectivity index (χ2v) is 0.346. The van der Waals surface area contributed by atoms with Crippen LogP contribution in [0.3, 0.4) is 0 Å². The van der Waals surface area contributed by atoms with Gasteiger partial charge in [0.25, 0.3) is 0 Å². The molecule has 0 heterocycles. The molecule has 0 aliphatic rings. The van der Waals surface area contributed by atoms with Gasteiger partial charge in [0, 0.05) is 0 Å². The fourth-order valence-corrected chi connectivity index (χ4v) is 0. The molecule has 0 aliphatic carbocycles. The topological polar surface area (TPSA) is 101 Å². The molecule has 0 unspecified atom stereocenters. The molecular formula is H6BKO5. The molecule has 7 heavy (non-hydrogen) atoms. The third-order valence-corrected chi connectivity index (χ3v) is 0. The van der Waals surface area contributed by atoms with Gasteiger partial charge in [0.05, 0.1) is 0 Å². The first kappa shape index (κ1) is 15.8. The zero-order chi connectivity index (χ0) is 5.58. The molecule has 0 atom stereocenters. The first-order valence-corrected chi connectivity index (χ1v) is 0.975. The van der Waals surface area contributed by atoms with Crippen LogP contribution in [0.2, 0.25) is 0 Å². The Morgan fingerprint density at radius 1 is 0.857 bits per heavy atom. The minimum absolute atomic E-state index is 0. The van der Waals surface area contributed by atoms with E-state index in [2.05, 4.69) is 0 Å². The van der Waals surface area contributed by atoms with Crippen molar-refractivity contribution >= 4 is 58.7 Å². The van der Waals surface area contributed by atoms with Gasteiger partial charge in [-0.2, -0.15) is 0 Å². The standard InChI is InChI=1S/BH3O3.K.H2O2.H/c2-1(3)4;;1-2;/h2-4H;;1-2H;. The molecule has 0 saturated heterocycles. The minimum atomic E-state index is -2.17. The fraction of sp³-hybridized carbons (Fsp3) is 0. The quantitative estimate of drug-likeness (QED) is 0.142. The van der Waals surface area contributed by atoms with Crippen LogP contribution < -0.4 is 0 Å². The van der Waals surface area contributed by atoms with Crippen LogP contribution in [0.1, 0.15) is 0 Å². The SMILES string of the molecule is OB(O)O.OO.[KH]. The molecule has 5 N–H and O–H groups in total. The second kappa shape index (κ2) is 15.6. The van der Waals surface area contributed by atoms with Crippen molar-refractivity contribution in [2.45, 2.75) is 0 Å². The molecule has 0 radical (unpaired) electrons. The maximum absolute atomic E-state index is 7.17. The van der Waals surface area contributed by atoms with Crippen molar-refractivity contribution in [1.82, 2.24) is 0 Å². The average Bonchev–Trinajstić information content (AvgIpc) is 1.41. The first-order valence-electron chi connectivity index (χ1n) is 0.975. The maximum atomic E-state index is 7.17. The van der Waals surface area contributed by atoms with E-state index in [1.54, 1.807) is 0 Å². The predicted molar refractivity (Wildman–Crippen MR) is 24.8 cm³/mol. The molecule has 0 aromatic rings. The molecule has 0 spiro atoms. The van der Waals surface area contributed by atoms with E-state index in [0.29, 0.717) is 0 Å². The molecule has 0 rings (SSSR count). The van der Waals surface area contributed by atoms with Crippen molar-refractivity contribution in [2.24, 2.45) is 0 Å². The van der Waals surface area contributed by atoms with Gasteiger partial charge >= 0.3 is 58.7 Å². The Morgan fingerprint density at radius 2 is 0.857 bits per heavy atom. The summed E-state index contributed by atoms with van der Waals surface area (Å²) in [6.45, 7) is 0. The van der Waals surface area contributed by atoms with Crippen LogP contribution in [0.4, 0.5) is 0 Å². The number of hydrogen-bond acceptors (Lipinski definition) is 5. The summed E-state index contributed by atoms with van der Waals surface area (Å²) in [6.07, 6.45) is 0. The fourth-order valence-electron chi connectivity index (χ4n) is 0. The molecule has 40 valence electrons. The average molecular weight is 136 g/mol. The Labute approximate surface area is 83.1 Å². The Morgan fingerprint density at radius 3 is 0.857 bits per heavy atom. The summed E-state index contributed by atoms with van der Waals surface area (Å²) in [4.78, 5) is 0. The van der Waals surface area contributed by atoms with Crippen molar-refractivity contribution in [3.63, 3.8) is 0 Å². The van der Waals surface area contributed by atoms with Gasteiger partial charge < -0.3 is 15.1 Å². The summed E-state index contributed by atoms with van der Waals surface area (Å²) in [6, 6.07) is 0. The van der Waals surface area contributed by atoms with E-state index >= 15 is 0 Å². The van der Waals surface area contributed by atoms with E-state index in [9.17, 15) is 0 Å². The molecule has 0 fully saturated rings. The second-order valence-electron chi connectivity index (χ2n) is 0.346. The molecule has 7 heteroatoms. The zero-order valence-corrected chi connectivity index (χ0v) is 2.81. The normalized spacial score (nSPS) is 4.71. The zero-order valence-electron chi connectivity index (χ0n) is 2.81. The predicted octanol–water partition coefficient (Wildman–Crippen LogP) is -2.68. The Kier molecular flexibility index (Phi) is 35.3. The third-order valence-electron chi connectivity index (χ3n) is 0. The summed E-state index contributed by atoms with van der Waals surface area (Å²) in [7, 11) is -2.17. The first-order chi connectivity index (χ1) is 2.73. The van der Waals surface area contributed by atoms with Crippen LogP contribution in [-0.4, -0.2) is 84.3 Å². The van der Waals surface area contributed by atoms with E-state index in [1.807, 2.05) is 0 Å². The van der Waals surface area contributed by atoms with Gasteiger partial charge in [-0.15, -0.1) is 0 Å². The van der Waals surface area contributed by atoms with Gasteiger partial charge in [-0.1, -0.05) is 0 Å². The molecular weight excluding hydrogens is 130 g/mol. The van der Waals surface area contributed by atoms with Crippen LogP contribution >= 0.6 is 0 Å². The molecule has 0 aromatic carbocycles. The number of rotatable bonds is 0. The Hall–Kier alpha value is 1.50. The molecule has 0 aliphatic heterocycles. The van der Waals surface area contributed by atoms with Gasteiger partial charge in [0.2, 0.25) is 0 Å². The van der Waals surface area contributed by atoms with Crippen LogP contribution in [0.25, 0.3) is 0 Å². The van der Waals surface area contributed by atoms with E-state index in [1.165, 1.54) is 0 Å². The van der Waals surface area contributed by atoms with Gasteiger partial charge in [-0.05, 0) is 0 Å². The summed E-state index contributed by atoms with van der Waals surface area (Å²) < 4.78 is 0. The molecule has 0 bridgehead atoms. The van der Waals surface area contributed by atoms with E-state index in [4.69, 9.17) is 25.6 Å². The summed E-state index contributed by atoms with van der Waals surface area (Å²) in [5, 5.41) is 33.5. The number of hydrogen-bond donors (Lipinski definition) is 5. The summed E-state index contributed by atoms with van der Waals surface area (Å²) in [5.41, 5.74) is 0. The summed E-state index contributed by atoms with van der Waals surface area (Å²) >= 11 is 0. The van der Waals surface area contributed by atoms with Gasteiger partial charge in [0.15, 0.2) is 0 Å². The van der Waals surface area contributed by atoms with Crippen molar-refractivity contribution in [3.8, 4) is 0 Å². The molecule has 0 aromatic heterocycles. The third kappa shape index (κ3) is 101. The Balaban J connectivity index is -0.0000000480. The van der Waals surface area contributed by atoms with Gasteiger partial charge in [-0.3, -0.25) is 10.5 Å². The van der Waals surface area contributed by atoms with Gasteiger partial charge in [0.1, 0.15) is 0 Å². The van der Waals surface area contributed by atoms with E-state index < -0.39 is 7.32 Å². The van der Waals surface area contributed by atoms with E-state index in [-0.39, 0.29) is 51.4 Å².